The summed E-state index contributed by atoms with van der Waals surface area (Å²) in [5, 5.41) is 8.07. The van der Waals surface area contributed by atoms with E-state index in [0.29, 0.717) is 12.2 Å². The van der Waals surface area contributed by atoms with E-state index in [1.807, 2.05) is 47.4 Å². The number of nitrogens with one attached hydrogen (secondary N) is 2. The number of carbonyl (C=O) groups excluding carboxylic acids is 2. The molecule has 4 aromatic rings. The fourth-order valence-electron chi connectivity index (χ4n) is 3.83. The Kier molecular flexibility index (Phi) is 5.36. The maximum Gasteiger partial charge on any atom is 0.316 e. The van der Waals surface area contributed by atoms with Crippen LogP contribution in [0.25, 0.3) is 27.7 Å². The van der Waals surface area contributed by atoms with E-state index in [-0.39, 0.29) is 0 Å². The van der Waals surface area contributed by atoms with Crippen LogP contribution in [0.15, 0.2) is 85.5 Å². The summed E-state index contributed by atoms with van der Waals surface area (Å²) in [6.07, 6.45) is 13.5. The van der Waals surface area contributed by atoms with E-state index in [0.717, 1.165) is 34.1 Å². The lowest BCUT2D eigenvalue weighted by Gasteiger charge is -2.17. The minimum absolute atomic E-state index is 0.381. The van der Waals surface area contributed by atoms with Gasteiger partial charge in [0.1, 0.15) is 0 Å². The molecular weight excluding hydrogens is 414 g/mol. The maximum absolute atomic E-state index is 12.5. The summed E-state index contributed by atoms with van der Waals surface area (Å²) in [4.78, 5) is 29.5. The second kappa shape index (κ2) is 8.63. The Morgan fingerprint density at radius 2 is 1.94 bits per heavy atom. The first kappa shape index (κ1) is 20.5. The van der Waals surface area contributed by atoms with Crippen LogP contribution in [-0.4, -0.2) is 38.0 Å². The van der Waals surface area contributed by atoms with E-state index in [2.05, 4.69) is 46.6 Å². The minimum atomic E-state index is -0.676. The van der Waals surface area contributed by atoms with Crippen LogP contribution in [-0.2, 0) is 16.0 Å². The summed E-state index contributed by atoms with van der Waals surface area (Å²) in [6.45, 7) is 2.51. The summed E-state index contributed by atoms with van der Waals surface area (Å²) in [5.74, 6) is -1.28. The Morgan fingerprint density at radius 3 is 2.70 bits per heavy atom. The fraction of sp³-hybridized carbons (Fsp3) is 0.115. The average Bonchev–Trinajstić information content (AvgIpc) is 3.51. The molecule has 0 radical (unpaired) electrons. The van der Waals surface area contributed by atoms with Crippen molar-refractivity contribution >= 4 is 28.4 Å². The molecular formula is C26H23N5O2. The number of aromatic amines is 1. The van der Waals surface area contributed by atoms with E-state index in [4.69, 9.17) is 0 Å². The van der Waals surface area contributed by atoms with Gasteiger partial charge < -0.3 is 15.2 Å². The summed E-state index contributed by atoms with van der Waals surface area (Å²) < 4.78 is 1.85. The lowest BCUT2D eigenvalue weighted by atomic mass is 10.1. The standard InChI is InChI=1S/C26H23N5O2/c1-2-18-6-9-21(10-7-18)31-17-20(15-28-31)19-8-11-23-22(14-19)24(16-27-23)29-25(32)26(33)30-12-4-3-5-13-30/h3-12,14-17,27H,2,13H2,1H3,(H,29,32). The van der Waals surface area contributed by atoms with Gasteiger partial charge in [-0.25, -0.2) is 4.68 Å². The van der Waals surface area contributed by atoms with E-state index in [1.54, 1.807) is 18.5 Å². The smallest absolute Gasteiger partial charge is 0.316 e. The molecule has 0 atom stereocenters. The number of allylic oxidation sites excluding steroid dienone is 2. The number of hydrogen-bond donors (Lipinski definition) is 2. The molecule has 0 fully saturated rings. The van der Waals surface area contributed by atoms with Crippen molar-refractivity contribution in [3.05, 3.63) is 91.0 Å². The molecule has 2 aromatic heterocycles. The van der Waals surface area contributed by atoms with Gasteiger partial charge in [-0.2, -0.15) is 5.10 Å². The van der Waals surface area contributed by atoms with Crippen molar-refractivity contribution in [2.24, 2.45) is 0 Å². The average molecular weight is 438 g/mol. The number of H-pyrrole nitrogens is 1. The monoisotopic (exact) mass is 437 g/mol. The molecule has 33 heavy (non-hydrogen) atoms. The zero-order valence-corrected chi connectivity index (χ0v) is 18.2. The number of anilines is 1. The number of rotatable bonds is 4. The van der Waals surface area contributed by atoms with Crippen molar-refractivity contribution in [3.8, 4) is 16.8 Å². The van der Waals surface area contributed by atoms with Gasteiger partial charge in [0.15, 0.2) is 0 Å². The molecule has 3 heterocycles. The van der Waals surface area contributed by atoms with Gasteiger partial charge in [0.25, 0.3) is 0 Å². The first-order valence-electron chi connectivity index (χ1n) is 10.8. The van der Waals surface area contributed by atoms with Crippen LogP contribution in [0.1, 0.15) is 12.5 Å². The first-order valence-corrected chi connectivity index (χ1v) is 10.8. The quantitative estimate of drug-likeness (QED) is 0.463. The van der Waals surface area contributed by atoms with Crippen LogP contribution >= 0.6 is 0 Å². The van der Waals surface area contributed by atoms with E-state index >= 15 is 0 Å². The number of amides is 2. The molecule has 1 aliphatic rings. The van der Waals surface area contributed by atoms with E-state index in [9.17, 15) is 9.59 Å². The van der Waals surface area contributed by atoms with Crippen molar-refractivity contribution in [1.29, 1.82) is 0 Å². The van der Waals surface area contributed by atoms with Crippen molar-refractivity contribution in [2.45, 2.75) is 13.3 Å². The summed E-state index contributed by atoms with van der Waals surface area (Å²) in [6, 6.07) is 14.3. The largest absolute Gasteiger partial charge is 0.359 e. The Labute approximate surface area is 191 Å². The van der Waals surface area contributed by atoms with E-state index in [1.165, 1.54) is 10.5 Å². The van der Waals surface area contributed by atoms with Crippen molar-refractivity contribution < 1.29 is 9.59 Å². The molecule has 0 saturated heterocycles. The van der Waals surface area contributed by atoms with Gasteiger partial charge >= 0.3 is 11.8 Å². The molecule has 5 rings (SSSR count). The third-order valence-electron chi connectivity index (χ3n) is 5.73. The number of carbonyl (C=O) groups is 2. The lowest BCUT2D eigenvalue weighted by molar-refractivity contribution is -0.141. The molecule has 164 valence electrons. The molecule has 0 bridgehead atoms. The van der Waals surface area contributed by atoms with Crippen molar-refractivity contribution in [2.75, 3.05) is 11.9 Å². The number of aryl methyl sites for hydroxylation is 1. The molecule has 7 nitrogen and oxygen atoms in total. The molecule has 2 aromatic carbocycles. The van der Waals surface area contributed by atoms with Gasteiger partial charge in [0, 0.05) is 41.6 Å². The van der Waals surface area contributed by atoms with Gasteiger partial charge in [-0.05, 0) is 47.9 Å². The number of aromatic nitrogens is 3. The molecule has 2 amide bonds. The zero-order valence-electron chi connectivity index (χ0n) is 18.2. The number of hydrogen-bond acceptors (Lipinski definition) is 3. The highest BCUT2D eigenvalue weighted by atomic mass is 16.2. The third kappa shape index (κ3) is 4.08. The summed E-state index contributed by atoms with van der Waals surface area (Å²) in [7, 11) is 0. The lowest BCUT2D eigenvalue weighted by Crippen LogP contribution is -2.37. The molecule has 0 spiro atoms. The van der Waals surface area contributed by atoms with Crippen LogP contribution in [0, 0.1) is 0 Å². The Balaban J connectivity index is 1.39. The number of fused-ring (bicyclic) bond motifs is 1. The highest BCUT2D eigenvalue weighted by Gasteiger charge is 2.21. The van der Waals surface area contributed by atoms with Crippen LogP contribution in [0.4, 0.5) is 5.69 Å². The van der Waals surface area contributed by atoms with Crippen molar-refractivity contribution in [1.82, 2.24) is 19.7 Å². The summed E-state index contributed by atoms with van der Waals surface area (Å²) >= 11 is 0. The van der Waals surface area contributed by atoms with Gasteiger partial charge in [-0.3, -0.25) is 9.59 Å². The highest BCUT2D eigenvalue weighted by Crippen LogP contribution is 2.29. The maximum atomic E-state index is 12.5. The van der Waals surface area contributed by atoms with Crippen LogP contribution in [0.2, 0.25) is 0 Å². The third-order valence-corrected chi connectivity index (χ3v) is 5.73. The minimum Gasteiger partial charge on any atom is -0.359 e. The Morgan fingerprint density at radius 1 is 1.09 bits per heavy atom. The zero-order chi connectivity index (χ0) is 22.8. The SMILES string of the molecule is CCc1ccc(-n2cc(-c3ccc4[nH]cc(NC(=O)C(=O)N5C=CC=CC5)c4c3)cn2)cc1. The highest BCUT2D eigenvalue weighted by molar-refractivity contribution is 6.40. The Hall–Kier alpha value is -4.39. The molecule has 0 saturated carbocycles. The second-order valence-corrected chi connectivity index (χ2v) is 7.84. The normalized spacial score (nSPS) is 12.9. The Bertz CT molecular complexity index is 1390. The van der Waals surface area contributed by atoms with Gasteiger partial charge in [-0.15, -0.1) is 0 Å². The molecule has 1 aliphatic heterocycles. The van der Waals surface area contributed by atoms with Crippen molar-refractivity contribution in [3.63, 3.8) is 0 Å². The molecule has 0 aliphatic carbocycles. The van der Waals surface area contributed by atoms with Gasteiger partial charge in [-0.1, -0.05) is 37.3 Å². The van der Waals surface area contributed by atoms with Gasteiger partial charge in [0.05, 0.1) is 17.6 Å². The predicted octanol–water partition coefficient (Wildman–Crippen LogP) is 4.43. The van der Waals surface area contributed by atoms with Gasteiger partial charge in [0.2, 0.25) is 0 Å². The molecule has 7 heteroatoms. The second-order valence-electron chi connectivity index (χ2n) is 7.84. The first-order chi connectivity index (χ1) is 16.1. The number of benzene rings is 2. The number of nitrogens with zero attached hydrogens (tertiary/aromatic N) is 3. The fourth-order valence-corrected chi connectivity index (χ4v) is 3.83. The van der Waals surface area contributed by atoms with Crippen LogP contribution < -0.4 is 5.32 Å². The molecule has 0 unspecified atom stereocenters. The van der Waals surface area contributed by atoms with Crippen LogP contribution in [0.5, 0.6) is 0 Å². The summed E-state index contributed by atoms with van der Waals surface area (Å²) in [5.41, 5.74) is 5.62. The topological polar surface area (TPSA) is 83.0 Å². The predicted molar refractivity (Wildman–Crippen MR) is 129 cm³/mol. The van der Waals surface area contributed by atoms with E-state index < -0.39 is 11.8 Å². The molecule has 2 N–H and O–H groups in total. The van der Waals surface area contributed by atoms with Crippen LogP contribution in [0.3, 0.4) is 0 Å².